The maximum atomic E-state index is 11.5. The zero-order valence-corrected chi connectivity index (χ0v) is 62.2. The normalized spacial score (nSPS) is 24.3. The molecule has 2 atom stereocenters. The molecular weight excluding hydrogens is 1110 g/mol. The highest BCUT2D eigenvalue weighted by molar-refractivity contribution is 4.99. The Kier molecular flexibility index (Phi) is 42.6. The van der Waals surface area contributed by atoms with Gasteiger partial charge in [0.1, 0.15) is 0 Å². The van der Waals surface area contributed by atoms with Gasteiger partial charge in [0.2, 0.25) is 0 Å². The van der Waals surface area contributed by atoms with Crippen molar-refractivity contribution in [2.75, 3.05) is 0 Å². The second kappa shape index (κ2) is 41.9. The van der Waals surface area contributed by atoms with Crippen LogP contribution < -0.4 is 0 Å². The van der Waals surface area contributed by atoms with Gasteiger partial charge < -0.3 is 0 Å². The molecule has 0 heterocycles. The lowest BCUT2D eigenvalue weighted by Gasteiger charge is -2.54. The van der Waals surface area contributed by atoms with Crippen molar-refractivity contribution in [2.24, 2.45) is 85.2 Å². The molecule has 2 unspecified atom stereocenters. The lowest BCUT2D eigenvalue weighted by atomic mass is 9.51. The topological polar surface area (TPSA) is 0 Å². The van der Waals surface area contributed by atoms with Crippen LogP contribution in [0.4, 0.5) is 39.5 Å². The van der Waals surface area contributed by atoms with Gasteiger partial charge in [-0.05, 0) is 201 Å². The third-order valence-corrected chi connectivity index (χ3v) is 21.5. The summed E-state index contributed by atoms with van der Waals surface area (Å²) in [5.41, 5.74) is 4.98. The summed E-state index contributed by atoms with van der Waals surface area (Å²) in [6, 6.07) is 0. The van der Waals surface area contributed by atoms with Crippen LogP contribution >= 0.6 is 0 Å². The van der Waals surface area contributed by atoms with E-state index in [1.54, 1.807) is 79.1 Å². The van der Waals surface area contributed by atoms with Crippen LogP contribution in [0.2, 0.25) is 0 Å². The molecule has 0 aliphatic heterocycles. The monoisotopic (exact) mass is 1260 g/mol. The molecule has 0 amide bonds. The maximum Gasteiger partial charge on any atom is 0.391 e. The average Bonchev–Trinajstić information content (AvgIpc) is 1.68. The first-order chi connectivity index (χ1) is 39.9. The van der Waals surface area contributed by atoms with E-state index in [9.17, 15) is 39.5 Å². The van der Waals surface area contributed by atoms with Crippen molar-refractivity contribution < 1.29 is 39.5 Å². The SMILES string of the molecule is CC.CC(C)C.CC(C)C(F)(F)F.CC1CCC2(CC1)CC(C)(C)CC(C)(C)C2.CC1CCC2(CC1)CCC(C)(C)CC2.CC1CCC2(CCCC2)CC1.CC1CCC2(CCCCC2)CC1.CCC.CCC(C)CC(F)(F)F.CCC(C)CC(F)(F)F. The fourth-order valence-corrected chi connectivity index (χ4v) is 15.8. The van der Waals surface area contributed by atoms with Crippen molar-refractivity contribution in [2.45, 2.75) is 415 Å². The number of alkyl halides is 9. The van der Waals surface area contributed by atoms with Crippen LogP contribution in [0, 0.1) is 85.2 Å². The quantitative estimate of drug-likeness (QED) is 0.246. The highest BCUT2D eigenvalue weighted by Crippen LogP contribution is 2.60. The van der Waals surface area contributed by atoms with Crippen LogP contribution in [0.1, 0.15) is 397 Å². The van der Waals surface area contributed by atoms with Gasteiger partial charge in [-0.15, -0.1) is 0 Å². The van der Waals surface area contributed by atoms with Gasteiger partial charge in [0.25, 0.3) is 0 Å². The van der Waals surface area contributed by atoms with Crippen LogP contribution in [0.25, 0.3) is 0 Å². The summed E-state index contributed by atoms with van der Waals surface area (Å²) in [6.07, 6.45) is 37.7. The highest BCUT2D eigenvalue weighted by Gasteiger charge is 2.48. The van der Waals surface area contributed by atoms with Gasteiger partial charge in [-0.3, -0.25) is 0 Å². The first-order valence-corrected chi connectivity index (χ1v) is 37.1. The van der Waals surface area contributed by atoms with Gasteiger partial charge in [0.05, 0.1) is 0 Å². The van der Waals surface area contributed by atoms with Gasteiger partial charge in [-0.1, -0.05) is 262 Å². The van der Waals surface area contributed by atoms with E-state index in [2.05, 4.69) is 104 Å². The van der Waals surface area contributed by atoms with Crippen LogP contribution in [0.5, 0.6) is 0 Å². The minimum atomic E-state index is -4.00. The van der Waals surface area contributed by atoms with Crippen LogP contribution in [0.3, 0.4) is 0 Å². The van der Waals surface area contributed by atoms with Crippen molar-refractivity contribution in [3.63, 3.8) is 0 Å². The van der Waals surface area contributed by atoms with Gasteiger partial charge in [0, 0.05) is 18.8 Å². The minimum Gasteiger partial charge on any atom is -0.171 e. The number of halogens is 9. The maximum absolute atomic E-state index is 11.5. The number of rotatable bonds is 4. The second-order valence-corrected chi connectivity index (χ2v) is 34.3. The fourth-order valence-electron chi connectivity index (χ4n) is 15.8. The molecule has 9 heteroatoms. The van der Waals surface area contributed by atoms with Crippen molar-refractivity contribution in [3.8, 4) is 0 Å². The van der Waals surface area contributed by atoms with Crippen molar-refractivity contribution >= 4 is 0 Å². The summed E-state index contributed by atoms with van der Waals surface area (Å²) in [7, 11) is 0. The van der Waals surface area contributed by atoms with Crippen LogP contribution in [0.15, 0.2) is 0 Å². The number of hydrogen-bond acceptors (Lipinski definition) is 0. The third kappa shape index (κ3) is 42.3. The Labute approximate surface area is 537 Å². The summed E-state index contributed by atoms with van der Waals surface area (Å²) in [4.78, 5) is 0. The van der Waals surface area contributed by atoms with Gasteiger partial charge >= 0.3 is 18.5 Å². The van der Waals surface area contributed by atoms with Gasteiger partial charge in [0.15, 0.2) is 0 Å². The van der Waals surface area contributed by atoms with Crippen LogP contribution in [-0.4, -0.2) is 18.5 Å². The van der Waals surface area contributed by atoms with Crippen molar-refractivity contribution in [3.05, 3.63) is 0 Å². The Bertz CT molecular complexity index is 1560. The van der Waals surface area contributed by atoms with E-state index in [0.717, 1.165) is 59.7 Å². The first-order valence-electron chi connectivity index (χ1n) is 37.1. The Balaban J connectivity index is 0. The molecule has 0 nitrogen and oxygen atoms in total. The van der Waals surface area contributed by atoms with Gasteiger partial charge in [-0.2, -0.15) is 39.5 Å². The third-order valence-electron chi connectivity index (χ3n) is 21.5. The molecule has 8 rings (SSSR count). The molecule has 8 saturated carbocycles. The Morgan fingerprint density at radius 3 is 0.759 bits per heavy atom. The fraction of sp³-hybridized carbons (Fsp3) is 1.00. The van der Waals surface area contributed by atoms with E-state index in [4.69, 9.17) is 0 Å². The molecule has 0 saturated heterocycles. The average molecular weight is 1260 g/mol. The molecule has 8 aliphatic carbocycles. The Hall–Kier alpha value is -0.630. The summed E-state index contributed by atoms with van der Waals surface area (Å²) in [5, 5.41) is 0. The summed E-state index contributed by atoms with van der Waals surface area (Å²) in [5.74, 6) is 3.22. The van der Waals surface area contributed by atoms with E-state index in [1.807, 2.05) is 13.8 Å². The van der Waals surface area contributed by atoms with Crippen LogP contribution in [-0.2, 0) is 0 Å². The molecule has 87 heavy (non-hydrogen) atoms. The Morgan fingerprint density at radius 1 is 0.333 bits per heavy atom. The molecule has 526 valence electrons. The summed E-state index contributed by atoms with van der Waals surface area (Å²) < 4.78 is 102. The standard InChI is InChI=1S/C16H30.C14H26.C12H22.C11H20.2C6H11F3.C4H7F3.C4H10.C3H8.C2H6/c1-13-6-8-16(9-7-13)11-14(2,3)10-15(4,5)12-16;1-12-4-6-14(7-5-12)10-8-13(2,3)9-11-14;1-11-5-9-12(10-6-11)7-3-2-4-8-12;1-10-4-8-11(9-5-10)6-2-3-7-11;2*1-3-5(2)4-6(7,8)9;1-3(2)4(5,6)7;1-4(2)3;1-3-2;1-2/h13H,6-12H2,1-5H3;12H,4-11H2,1-3H3;11H,2-10H2,1H3;10H,2-9H2,1H3;2*5H,3-4H2,1-2H3;3H,1-2H3;4H,1-3H3;3H2,1-2H3;1-2H3. The molecule has 0 N–H and O–H groups in total. The smallest absolute Gasteiger partial charge is 0.171 e. The minimum absolute atomic E-state index is 0.231. The predicted octanol–water partition coefficient (Wildman–Crippen LogP) is 30.4. The largest absolute Gasteiger partial charge is 0.391 e. The lowest BCUT2D eigenvalue weighted by molar-refractivity contribution is -0.164. The van der Waals surface area contributed by atoms with E-state index in [1.165, 1.54) is 161 Å². The number of hydrogen-bond donors (Lipinski definition) is 0. The molecule has 0 bridgehead atoms. The second-order valence-electron chi connectivity index (χ2n) is 34.3. The van der Waals surface area contributed by atoms with Crippen molar-refractivity contribution in [1.82, 2.24) is 0 Å². The highest BCUT2D eigenvalue weighted by atomic mass is 19.4. The summed E-state index contributed by atoms with van der Waals surface area (Å²) >= 11 is 0. The van der Waals surface area contributed by atoms with E-state index in [0.29, 0.717) is 34.5 Å². The zero-order chi connectivity index (χ0) is 67.8. The molecule has 8 fully saturated rings. The predicted molar refractivity (Wildman–Crippen MR) is 364 cm³/mol. The zero-order valence-electron chi connectivity index (χ0n) is 62.2. The summed E-state index contributed by atoms with van der Waals surface area (Å²) in [6.45, 7) is 48.3. The Morgan fingerprint density at radius 2 is 0.552 bits per heavy atom. The molecule has 8 aliphatic rings. The van der Waals surface area contributed by atoms with Gasteiger partial charge in [-0.25, -0.2) is 0 Å². The molecule has 0 aromatic rings. The molecular formula is C78H151F9. The molecule has 0 aromatic carbocycles. The van der Waals surface area contributed by atoms with E-state index in [-0.39, 0.29) is 11.8 Å². The van der Waals surface area contributed by atoms with E-state index >= 15 is 0 Å². The van der Waals surface area contributed by atoms with E-state index < -0.39 is 37.3 Å². The van der Waals surface area contributed by atoms with Crippen molar-refractivity contribution in [1.29, 1.82) is 0 Å². The molecule has 4 spiro atoms. The first kappa shape index (κ1) is 88.4. The lowest BCUT2D eigenvalue weighted by Crippen LogP contribution is -2.43. The molecule has 0 radical (unpaired) electrons. The molecule has 0 aromatic heterocycles.